The Bertz CT molecular complexity index is 647. The largest absolute Gasteiger partial charge is 0.298 e. The number of hydrazine groups is 1. The fourth-order valence-corrected chi connectivity index (χ4v) is 2.96. The highest BCUT2D eigenvalue weighted by Crippen LogP contribution is 2.23. The Hall–Kier alpha value is -1.64. The molecule has 3 aromatic rings. The summed E-state index contributed by atoms with van der Waals surface area (Å²) in [5.74, 6) is 6.86. The van der Waals surface area contributed by atoms with Crippen LogP contribution in [0.3, 0.4) is 0 Å². The lowest BCUT2D eigenvalue weighted by molar-refractivity contribution is 0.884. The van der Waals surface area contributed by atoms with Gasteiger partial charge in [0.15, 0.2) is 5.82 Å². The Morgan fingerprint density at radius 3 is 2.89 bits per heavy atom. The number of nitrogens with two attached hydrogens (primary N) is 1. The number of anilines is 1. The van der Waals surface area contributed by atoms with E-state index < -0.39 is 0 Å². The molecule has 0 fully saturated rings. The molecule has 0 radical (unpaired) electrons. The van der Waals surface area contributed by atoms with E-state index in [1.165, 1.54) is 16.2 Å². The zero-order valence-electron chi connectivity index (χ0n) is 9.28. The number of hydrogen-bond acceptors (Lipinski definition) is 7. The summed E-state index contributed by atoms with van der Waals surface area (Å²) in [5.41, 5.74) is 2.52. The molecule has 0 aliphatic heterocycles. The van der Waals surface area contributed by atoms with Crippen molar-refractivity contribution >= 4 is 33.2 Å². The molecule has 0 atom stereocenters. The number of aromatic nitrogens is 4. The van der Waals surface area contributed by atoms with Crippen LogP contribution in [0.15, 0.2) is 35.2 Å². The summed E-state index contributed by atoms with van der Waals surface area (Å²) in [4.78, 5) is 1.94. The number of rotatable bonds is 4. The van der Waals surface area contributed by atoms with E-state index in [9.17, 15) is 0 Å². The molecule has 0 saturated carbocycles. The summed E-state index contributed by atoms with van der Waals surface area (Å²) in [7, 11) is 0. The summed E-state index contributed by atoms with van der Waals surface area (Å²) in [6.45, 7) is 0. The molecule has 0 aliphatic rings. The third kappa shape index (κ3) is 2.17. The van der Waals surface area contributed by atoms with Crippen LogP contribution in [-0.2, 0) is 5.75 Å². The predicted octanol–water partition coefficient (Wildman–Crippen LogP) is 1.76. The standard InChI is InChI=1S/C10H10N6S2/c11-12-9-15-16-8(13-14-10(16)18-9)6-17-7-4-2-1-3-5-7/h1-5H,6,11H2,(H,12,15). The molecule has 3 N–H and O–H groups in total. The zero-order valence-corrected chi connectivity index (χ0v) is 10.9. The van der Waals surface area contributed by atoms with Crippen molar-refractivity contribution in [2.24, 2.45) is 5.84 Å². The van der Waals surface area contributed by atoms with Crippen LogP contribution in [0.25, 0.3) is 4.96 Å². The van der Waals surface area contributed by atoms with Crippen LogP contribution in [0.1, 0.15) is 5.82 Å². The van der Waals surface area contributed by atoms with Crippen LogP contribution in [0.5, 0.6) is 0 Å². The van der Waals surface area contributed by atoms with Crippen LogP contribution in [0.2, 0.25) is 0 Å². The fourth-order valence-electron chi connectivity index (χ4n) is 1.47. The van der Waals surface area contributed by atoms with Gasteiger partial charge in [-0.05, 0) is 12.1 Å². The normalized spacial score (nSPS) is 10.9. The molecule has 18 heavy (non-hydrogen) atoms. The van der Waals surface area contributed by atoms with E-state index >= 15 is 0 Å². The van der Waals surface area contributed by atoms with Gasteiger partial charge in [0.05, 0.1) is 5.75 Å². The second-order valence-corrected chi connectivity index (χ2v) is 5.47. The van der Waals surface area contributed by atoms with Gasteiger partial charge < -0.3 is 0 Å². The fraction of sp³-hybridized carbons (Fsp3) is 0.100. The predicted molar refractivity (Wildman–Crippen MR) is 72.5 cm³/mol. The number of fused-ring (bicyclic) bond motifs is 1. The topological polar surface area (TPSA) is 81.1 Å². The van der Waals surface area contributed by atoms with Crippen LogP contribution < -0.4 is 11.3 Å². The summed E-state index contributed by atoms with van der Waals surface area (Å²) < 4.78 is 1.72. The SMILES string of the molecule is NNc1nn2c(CSc3ccccc3)nnc2s1. The van der Waals surface area contributed by atoms with Gasteiger partial charge in [-0.1, -0.05) is 29.5 Å². The molecule has 0 saturated heterocycles. The number of thioether (sulfide) groups is 1. The van der Waals surface area contributed by atoms with Gasteiger partial charge in [0.25, 0.3) is 0 Å². The van der Waals surface area contributed by atoms with Crippen molar-refractivity contribution in [2.45, 2.75) is 10.6 Å². The van der Waals surface area contributed by atoms with Crippen LogP contribution in [-0.4, -0.2) is 19.8 Å². The molecule has 0 amide bonds. The second kappa shape index (κ2) is 4.92. The van der Waals surface area contributed by atoms with Crippen LogP contribution >= 0.6 is 23.1 Å². The number of nitrogen functional groups attached to an aromatic ring is 1. The lowest BCUT2D eigenvalue weighted by Crippen LogP contribution is -2.07. The maximum Gasteiger partial charge on any atom is 0.236 e. The average Bonchev–Trinajstić information content (AvgIpc) is 2.97. The highest BCUT2D eigenvalue weighted by molar-refractivity contribution is 7.98. The first-order valence-electron chi connectivity index (χ1n) is 5.22. The molecule has 1 aromatic carbocycles. The van der Waals surface area contributed by atoms with Gasteiger partial charge in [-0.25, -0.2) is 5.84 Å². The quantitative estimate of drug-likeness (QED) is 0.430. The van der Waals surface area contributed by atoms with E-state index in [-0.39, 0.29) is 0 Å². The van der Waals surface area contributed by atoms with Gasteiger partial charge in [0.1, 0.15) is 0 Å². The number of nitrogens with one attached hydrogen (secondary N) is 1. The Labute approximate surface area is 111 Å². The van der Waals surface area contributed by atoms with Gasteiger partial charge in [-0.15, -0.1) is 27.1 Å². The first-order chi connectivity index (χ1) is 8.86. The average molecular weight is 278 g/mol. The molecule has 6 nitrogen and oxygen atoms in total. The van der Waals surface area contributed by atoms with Crippen LogP contribution in [0, 0.1) is 0 Å². The minimum absolute atomic E-state index is 0.630. The monoisotopic (exact) mass is 278 g/mol. The summed E-state index contributed by atoms with van der Waals surface area (Å²) in [6, 6.07) is 10.2. The first kappa shape index (κ1) is 11.5. The maximum absolute atomic E-state index is 5.32. The Balaban J connectivity index is 1.80. The summed E-state index contributed by atoms with van der Waals surface area (Å²) >= 11 is 3.07. The maximum atomic E-state index is 5.32. The number of nitrogens with zero attached hydrogens (tertiary/aromatic N) is 4. The first-order valence-corrected chi connectivity index (χ1v) is 7.02. The molecule has 0 spiro atoms. The second-order valence-electron chi connectivity index (χ2n) is 3.46. The minimum Gasteiger partial charge on any atom is -0.298 e. The van der Waals surface area contributed by atoms with Gasteiger partial charge in [-0.3, -0.25) is 5.43 Å². The van der Waals surface area contributed by atoms with Gasteiger partial charge in [0.2, 0.25) is 10.1 Å². The minimum atomic E-state index is 0.630. The van der Waals surface area contributed by atoms with Crippen molar-refractivity contribution in [3.05, 3.63) is 36.2 Å². The molecular formula is C10H10N6S2. The Morgan fingerprint density at radius 2 is 2.11 bits per heavy atom. The van der Waals surface area contributed by atoms with Crippen molar-refractivity contribution in [3.8, 4) is 0 Å². The van der Waals surface area contributed by atoms with E-state index in [1.807, 2.05) is 18.2 Å². The highest BCUT2D eigenvalue weighted by Gasteiger charge is 2.11. The molecule has 2 aromatic heterocycles. The molecule has 0 aliphatic carbocycles. The molecule has 0 unspecified atom stereocenters. The van der Waals surface area contributed by atoms with Crippen molar-refractivity contribution in [3.63, 3.8) is 0 Å². The molecule has 0 bridgehead atoms. The van der Waals surface area contributed by atoms with Crippen LogP contribution in [0.4, 0.5) is 5.13 Å². The Morgan fingerprint density at radius 1 is 1.28 bits per heavy atom. The van der Waals surface area contributed by atoms with Gasteiger partial charge >= 0.3 is 0 Å². The van der Waals surface area contributed by atoms with Crippen molar-refractivity contribution in [1.29, 1.82) is 0 Å². The third-order valence-corrected chi connectivity index (χ3v) is 4.13. The third-order valence-electron chi connectivity index (χ3n) is 2.29. The van der Waals surface area contributed by atoms with E-state index in [0.717, 1.165) is 16.5 Å². The lowest BCUT2D eigenvalue weighted by Gasteiger charge is -1.98. The summed E-state index contributed by atoms with van der Waals surface area (Å²) in [5, 5.41) is 13.1. The van der Waals surface area contributed by atoms with E-state index in [4.69, 9.17) is 5.84 Å². The van der Waals surface area contributed by atoms with E-state index in [1.54, 1.807) is 16.3 Å². The molecule has 3 rings (SSSR count). The van der Waals surface area contributed by atoms with E-state index in [0.29, 0.717) is 5.13 Å². The summed E-state index contributed by atoms with van der Waals surface area (Å²) in [6.07, 6.45) is 0. The molecule has 8 heteroatoms. The smallest absolute Gasteiger partial charge is 0.236 e. The Kier molecular flexibility index (Phi) is 3.13. The highest BCUT2D eigenvalue weighted by atomic mass is 32.2. The van der Waals surface area contributed by atoms with Crippen molar-refractivity contribution in [1.82, 2.24) is 19.8 Å². The number of benzene rings is 1. The molecular weight excluding hydrogens is 268 g/mol. The van der Waals surface area contributed by atoms with Gasteiger partial charge in [0, 0.05) is 4.90 Å². The lowest BCUT2D eigenvalue weighted by atomic mass is 10.4. The van der Waals surface area contributed by atoms with Crippen molar-refractivity contribution < 1.29 is 0 Å². The molecule has 2 heterocycles. The molecule has 92 valence electrons. The van der Waals surface area contributed by atoms with Gasteiger partial charge in [-0.2, -0.15) is 4.52 Å². The van der Waals surface area contributed by atoms with E-state index in [2.05, 4.69) is 32.9 Å². The van der Waals surface area contributed by atoms with Crippen molar-refractivity contribution in [2.75, 3.05) is 5.43 Å². The number of hydrogen-bond donors (Lipinski definition) is 2. The zero-order chi connectivity index (χ0) is 12.4.